The van der Waals surface area contributed by atoms with Gasteiger partial charge in [-0.3, -0.25) is 4.79 Å². The Morgan fingerprint density at radius 1 is 1.16 bits per heavy atom. The van der Waals surface area contributed by atoms with Gasteiger partial charge in [0, 0.05) is 11.1 Å². The van der Waals surface area contributed by atoms with E-state index in [9.17, 15) is 9.18 Å². The fourth-order valence-corrected chi connectivity index (χ4v) is 3.57. The first-order chi connectivity index (χ1) is 15.2. The van der Waals surface area contributed by atoms with Crippen molar-refractivity contribution < 1.29 is 23.8 Å². The van der Waals surface area contributed by atoms with E-state index in [0.717, 1.165) is 11.1 Å². The molecule has 3 rings (SSSR count). The number of ether oxygens (including phenoxy) is 2. The number of anilines is 1. The molecule has 2 aromatic carbocycles. The Bertz CT molecular complexity index is 1140. The zero-order valence-corrected chi connectivity index (χ0v) is 19.1. The number of rotatable bonds is 8. The van der Waals surface area contributed by atoms with Gasteiger partial charge in [-0.15, -0.1) is 0 Å². The van der Waals surface area contributed by atoms with E-state index < -0.39 is 23.5 Å². The zero-order chi connectivity index (χ0) is 23.4. The van der Waals surface area contributed by atoms with Gasteiger partial charge in [-0.1, -0.05) is 67.4 Å². The maximum Gasteiger partial charge on any atom is 0.322 e. The minimum Gasteiger partial charge on any atom is -0.496 e. The predicted octanol–water partition coefficient (Wildman–Crippen LogP) is 6.62. The van der Waals surface area contributed by atoms with Crippen molar-refractivity contribution in [3.63, 3.8) is 0 Å². The van der Waals surface area contributed by atoms with Crippen molar-refractivity contribution in [2.24, 2.45) is 0 Å². The summed E-state index contributed by atoms with van der Waals surface area (Å²) in [6, 6.07) is 13.1. The Labute approximate surface area is 194 Å². The van der Waals surface area contributed by atoms with E-state index in [-0.39, 0.29) is 22.5 Å². The average Bonchev–Trinajstić information content (AvgIpc) is 2.78. The number of aromatic nitrogens is 1. The smallest absolute Gasteiger partial charge is 0.322 e. The molecule has 0 unspecified atom stereocenters. The van der Waals surface area contributed by atoms with Crippen LogP contribution < -0.4 is 14.8 Å². The number of methoxy groups -OCH3 is 1. The van der Waals surface area contributed by atoms with Gasteiger partial charge in [-0.25, -0.2) is 0 Å². The Morgan fingerprint density at radius 3 is 2.44 bits per heavy atom. The lowest BCUT2D eigenvalue weighted by atomic mass is 9.96. The molecule has 1 aromatic heterocycles. The summed E-state index contributed by atoms with van der Waals surface area (Å²) in [5.41, 5.74) is 2.38. The second-order valence-electron chi connectivity index (χ2n) is 7.17. The first kappa shape index (κ1) is 23.6. The number of carboxylic acids is 1. The van der Waals surface area contributed by atoms with Crippen LogP contribution in [0.15, 0.2) is 42.5 Å². The SMILES string of the molecule is COc1cc(-c2ccccc2)c(Oc2c(Cl)c(F)nc(NCC(=O)O)c2Cl)cc1C(C)C. The van der Waals surface area contributed by atoms with Crippen molar-refractivity contribution >= 4 is 35.0 Å². The molecule has 9 heteroatoms. The Hall–Kier alpha value is -3.03. The summed E-state index contributed by atoms with van der Waals surface area (Å²) in [7, 11) is 1.59. The van der Waals surface area contributed by atoms with E-state index in [0.29, 0.717) is 17.1 Å². The highest BCUT2D eigenvalue weighted by Crippen LogP contribution is 2.45. The second kappa shape index (κ2) is 10.1. The third-order valence-electron chi connectivity index (χ3n) is 4.66. The fourth-order valence-electron chi connectivity index (χ4n) is 3.10. The highest BCUT2D eigenvalue weighted by molar-refractivity contribution is 6.38. The van der Waals surface area contributed by atoms with E-state index in [1.165, 1.54) is 0 Å². The summed E-state index contributed by atoms with van der Waals surface area (Å²) >= 11 is 12.5. The minimum atomic E-state index is -1.16. The van der Waals surface area contributed by atoms with Crippen molar-refractivity contribution in [3.8, 4) is 28.4 Å². The standard InChI is InChI=1S/C23H21Cl2FN2O4/c1-12(2)14-9-17(15(10-16(14)31-3)13-7-5-4-6-8-13)32-21-19(24)22(26)28-23(20(21)25)27-11-18(29)30/h4-10,12H,11H2,1-3H3,(H,27,28)(H,29,30). The number of pyridine rings is 1. The molecule has 0 spiro atoms. The Balaban J connectivity index is 2.18. The largest absolute Gasteiger partial charge is 0.496 e. The molecule has 0 radical (unpaired) electrons. The van der Waals surface area contributed by atoms with Crippen molar-refractivity contribution in [1.82, 2.24) is 4.98 Å². The third-order valence-corrected chi connectivity index (χ3v) is 5.33. The number of carbonyl (C=O) groups is 1. The molecule has 6 nitrogen and oxygen atoms in total. The lowest BCUT2D eigenvalue weighted by Crippen LogP contribution is -2.14. The first-order valence-corrected chi connectivity index (χ1v) is 10.4. The number of hydrogen-bond donors (Lipinski definition) is 2. The molecule has 0 atom stereocenters. The topological polar surface area (TPSA) is 80.7 Å². The quantitative estimate of drug-likeness (QED) is 0.354. The van der Waals surface area contributed by atoms with Crippen molar-refractivity contribution in [1.29, 1.82) is 0 Å². The minimum absolute atomic E-state index is 0.102. The van der Waals surface area contributed by atoms with E-state index in [2.05, 4.69) is 10.3 Å². The molecule has 0 bridgehead atoms. The fraction of sp³-hybridized carbons (Fsp3) is 0.217. The lowest BCUT2D eigenvalue weighted by molar-refractivity contribution is -0.134. The Kier molecular flexibility index (Phi) is 7.43. The molecule has 32 heavy (non-hydrogen) atoms. The van der Waals surface area contributed by atoms with Crippen LogP contribution in [-0.2, 0) is 4.79 Å². The molecular formula is C23H21Cl2FN2O4. The van der Waals surface area contributed by atoms with Crippen LogP contribution in [0.3, 0.4) is 0 Å². The summed E-state index contributed by atoms with van der Waals surface area (Å²) in [6.07, 6.45) is 0. The van der Waals surface area contributed by atoms with Crippen molar-refractivity contribution in [3.05, 3.63) is 64.0 Å². The first-order valence-electron chi connectivity index (χ1n) is 9.68. The molecule has 0 fully saturated rings. The molecule has 0 saturated carbocycles. The average molecular weight is 479 g/mol. The van der Waals surface area contributed by atoms with Gasteiger partial charge in [0.2, 0.25) is 5.95 Å². The molecule has 0 aliphatic carbocycles. The van der Waals surface area contributed by atoms with E-state index >= 15 is 0 Å². The highest BCUT2D eigenvalue weighted by Gasteiger charge is 2.23. The van der Waals surface area contributed by atoms with E-state index in [1.807, 2.05) is 50.2 Å². The number of aliphatic carboxylic acids is 1. The number of hydrogen-bond acceptors (Lipinski definition) is 5. The maximum atomic E-state index is 14.4. The molecule has 168 valence electrons. The molecular weight excluding hydrogens is 458 g/mol. The second-order valence-corrected chi connectivity index (χ2v) is 7.92. The third kappa shape index (κ3) is 5.06. The van der Waals surface area contributed by atoms with Crippen LogP contribution >= 0.6 is 23.2 Å². The molecule has 0 saturated heterocycles. The monoisotopic (exact) mass is 478 g/mol. The van der Waals surface area contributed by atoms with Gasteiger partial charge in [-0.05, 0) is 23.6 Å². The summed E-state index contributed by atoms with van der Waals surface area (Å²) in [5.74, 6) is -1.42. The van der Waals surface area contributed by atoms with Gasteiger partial charge in [0.05, 0.1) is 7.11 Å². The van der Waals surface area contributed by atoms with Gasteiger partial charge in [-0.2, -0.15) is 9.37 Å². The van der Waals surface area contributed by atoms with Crippen molar-refractivity contribution in [2.45, 2.75) is 19.8 Å². The summed E-state index contributed by atoms with van der Waals surface area (Å²) < 4.78 is 26.0. The summed E-state index contributed by atoms with van der Waals surface area (Å²) in [4.78, 5) is 14.5. The number of carboxylic acid groups (broad SMARTS) is 1. The number of benzene rings is 2. The van der Waals surface area contributed by atoms with Crippen LogP contribution in [0.4, 0.5) is 10.2 Å². The lowest BCUT2D eigenvalue weighted by Gasteiger charge is -2.20. The van der Waals surface area contributed by atoms with Gasteiger partial charge < -0.3 is 19.9 Å². The number of nitrogens with zero attached hydrogens (tertiary/aromatic N) is 1. The molecule has 0 amide bonds. The molecule has 0 aliphatic rings. The van der Waals surface area contributed by atoms with Crippen LogP contribution in [0.5, 0.6) is 17.2 Å². The summed E-state index contributed by atoms with van der Waals surface area (Å²) in [6.45, 7) is 3.50. The molecule has 2 N–H and O–H groups in total. The Morgan fingerprint density at radius 2 is 1.84 bits per heavy atom. The maximum absolute atomic E-state index is 14.4. The predicted molar refractivity (Wildman–Crippen MR) is 123 cm³/mol. The van der Waals surface area contributed by atoms with Crippen LogP contribution in [-0.4, -0.2) is 29.7 Å². The molecule has 0 aliphatic heterocycles. The summed E-state index contributed by atoms with van der Waals surface area (Å²) in [5, 5.41) is 10.8. The van der Waals surface area contributed by atoms with Gasteiger partial charge >= 0.3 is 5.97 Å². The highest BCUT2D eigenvalue weighted by atomic mass is 35.5. The number of halogens is 3. The molecule has 1 heterocycles. The van der Waals surface area contributed by atoms with E-state index in [4.69, 9.17) is 37.8 Å². The van der Waals surface area contributed by atoms with Crippen LogP contribution in [0.1, 0.15) is 25.3 Å². The van der Waals surface area contributed by atoms with Gasteiger partial charge in [0.25, 0.3) is 0 Å². The number of nitrogens with one attached hydrogen (secondary N) is 1. The zero-order valence-electron chi connectivity index (χ0n) is 17.6. The van der Waals surface area contributed by atoms with Gasteiger partial charge in [0.1, 0.15) is 28.1 Å². The van der Waals surface area contributed by atoms with Crippen LogP contribution in [0, 0.1) is 5.95 Å². The van der Waals surface area contributed by atoms with Crippen LogP contribution in [0.25, 0.3) is 11.1 Å². The van der Waals surface area contributed by atoms with E-state index in [1.54, 1.807) is 13.2 Å². The van der Waals surface area contributed by atoms with Crippen molar-refractivity contribution in [2.75, 3.05) is 19.0 Å². The van der Waals surface area contributed by atoms with Crippen LogP contribution in [0.2, 0.25) is 10.0 Å². The van der Waals surface area contributed by atoms with Gasteiger partial charge in [0.15, 0.2) is 11.6 Å². The normalized spacial score (nSPS) is 10.8. The molecule has 3 aromatic rings.